The Bertz CT molecular complexity index is 491. The summed E-state index contributed by atoms with van der Waals surface area (Å²) in [6.07, 6.45) is 0. The van der Waals surface area contributed by atoms with Gasteiger partial charge in [0.25, 0.3) is 5.91 Å². The van der Waals surface area contributed by atoms with Crippen molar-refractivity contribution in [1.82, 2.24) is 5.32 Å². The molecule has 0 spiro atoms. The molecule has 0 heterocycles. The molecule has 0 saturated heterocycles. The molecule has 4 N–H and O–H groups in total. The van der Waals surface area contributed by atoms with Gasteiger partial charge >= 0.3 is 0 Å². The molecular formula is C12H16BrN3O3. The van der Waals surface area contributed by atoms with Crippen molar-refractivity contribution in [3.05, 3.63) is 28.2 Å². The van der Waals surface area contributed by atoms with E-state index >= 15 is 0 Å². The fraction of sp³-hybridized carbons (Fsp3) is 0.333. The van der Waals surface area contributed by atoms with E-state index < -0.39 is 0 Å². The van der Waals surface area contributed by atoms with Gasteiger partial charge in [-0.05, 0) is 18.2 Å². The Balaban J connectivity index is 2.74. The molecule has 0 aromatic heterocycles. The topological polar surface area (TPSA) is 96.9 Å². The molecular weight excluding hydrogens is 314 g/mol. The van der Waals surface area contributed by atoms with Gasteiger partial charge in [-0.15, -0.1) is 0 Å². The highest BCUT2D eigenvalue weighted by molar-refractivity contribution is 9.10. The highest BCUT2D eigenvalue weighted by Gasteiger charge is 2.14. The van der Waals surface area contributed by atoms with E-state index in [9.17, 15) is 4.79 Å². The number of carbonyl (C=O) groups is 1. The molecule has 0 saturated carbocycles. The second-order valence-corrected chi connectivity index (χ2v) is 4.90. The molecule has 1 unspecified atom stereocenters. The van der Waals surface area contributed by atoms with Crippen LogP contribution in [0.15, 0.2) is 27.8 Å². The summed E-state index contributed by atoms with van der Waals surface area (Å²) in [6, 6.07) is 5.12. The zero-order valence-corrected chi connectivity index (χ0v) is 12.3. The average Bonchev–Trinajstić information content (AvgIpc) is 2.43. The van der Waals surface area contributed by atoms with Crippen LogP contribution < -0.4 is 15.8 Å². The maximum absolute atomic E-state index is 12.0. The number of benzene rings is 1. The van der Waals surface area contributed by atoms with Gasteiger partial charge in [0.1, 0.15) is 11.6 Å². The first kappa shape index (κ1) is 15.3. The molecule has 1 atom stereocenters. The third-order valence-electron chi connectivity index (χ3n) is 2.60. The van der Waals surface area contributed by atoms with Gasteiger partial charge in [-0.2, -0.15) is 0 Å². The predicted molar refractivity (Wildman–Crippen MR) is 75.6 cm³/mol. The van der Waals surface area contributed by atoms with E-state index in [2.05, 4.69) is 26.4 Å². The van der Waals surface area contributed by atoms with Gasteiger partial charge in [-0.1, -0.05) is 28.0 Å². The van der Waals surface area contributed by atoms with Crippen LogP contribution in [0.3, 0.4) is 0 Å². The molecule has 19 heavy (non-hydrogen) atoms. The second-order valence-electron chi connectivity index (χ2n) is 3.98. The predicted octanol–water partition coefficient (Wildman–Crippen LogP) is 1.57. The van der Waals surface area contributed by atoms with E-state index in [0.29, 0.717) is 11.3 Å². The number of hydrogen-bond acceptors (Lipinski definition) is 4. The number of amides is 1. The van der Waals surface area contributed by atoms with Gasteiger partial charge in [0, 0.05) is 16.9 Å². The molecule has 1 aromatic rings. The smallest absolute Gasteiger partial charge is 0.255 e. The van der Waals surface area contributed by atoms with E-state index in [4.69, 9.17) is 15.7 Å². The van der Waals surface area contributed by atoms with Crippen LogP contribution in [0, 0.1) is 5.92 Å². The van der Waals surface area contributed by atoms with E-state index in [1.54, 1.807) is 25.1 Å². The van der Waals surface area contributed by atoms with E-state index in [1.165, 1.54) is 7.11 Å². The summed E-state index contributed by atoms with van der Waals surface area (Å²) in [6.45, 7) is 2.02. The van der Waals surface area contributed by atoms with Crippen LogP contribution in [-0.2, 0) is 0 Å². The summed E-state index contributed by atoms with van der Waals surface area (Å²) < 4.78 is 5.97. The minimum Gasteiger partial charge on any atom is -0.496 e. The van der Waals surface area contributed by atoms with Crippen molar-refractivity contribution in [2.24, 2.45) is 16.8 Å². The standard InChI is InChI=1S/C12H16BrN3O3/c1-7(11(14)16-18)6-15-12(17)9-4-3-8(13)5-10(9)19-2/h3-5,7,18H,6H2,1-2H3,(H2,14,16)(H,15,17). The quantitative estimate of drug-likeness (QED) is 0.330. The monoisotopic (exact) mass is 329 g/mol. The molecule has 0 bridgehead atoms. The average molecular weight is 330 g/mol. The number of hydrogen-bond donors (Lipinski definition) is 3. The van der Waals surface area contributed by atoms with Crippen molar-refractivity contribution in [2.45, 2.75) is 6.92 Å². The van der Waals surface area contributed by atoms with Crippen LogP contribution in [-0.4, -0.2) is 30.6 Å². The lowest BCUT2D eigenvalue weighted by Gasteiger charge is -2.13. The third kappa shape index (κ3) is 4.13. The van der Waals surface area contributed by atoms with Crippen LogP contribution in [0.2, 0.25) is 0 Å². The third-order valence-corrected chi connectivity index (χ3v) is 3.09. The number of ether oxygens (including phenoxy) is 1. The molecule has 0 fully saturated rings. The number of nitrogens with two attached hydrogens (primary N) is 1. The van der Waals surface area contributed by atoms with Gasteiger partial charge in [-0.25, -0.2) is 0 Å². The van der Waals surface area contributed by atoms with Crippen LogP contribution in [0.5, 0.6) is 5.75 Å². The van der Waals surface area contributed by atoms with Crippen molar-refractivity contribution >= 4 is 27.7 Å². The molecule has 7 heteroatoms. The zero-order valence-electron chi connectivity index (χ0n) is 10.7. The minimum absolute atomic E-state index is 0.0723. The minimum atomic E-state index is -0.276. The normalized spacial score (nSPS) is 12.9. The zero-order chi connectivity index (χ0) is 14.4. The Hall–Kier alpha value is -1.76. The fourth-order valence-electron chi connectivity index (χ4n) is 1.40. The lowest BCUT2D eigenvalue weighted by molar-refractivity contribution is 0.0948. The first-order valence-corrected chi connectivity index (χ1v) is 6.38. The molecule has 1 amide bonds. The Kier molecular flexibility index (Phi) is 5.62. The molecule has 104 valence electrons. The van der Waals surface area contributed by atoms with Gasteiger partial charge < -0.3 is 21.0 Å². The molecule has 1 aromatic carbocycles. The van der Waals surface area contributed by atoms with Crippen LogP contribution in [0.25, 0.3) is 0 Å². The number of oxime groups is 1. The summed E-state index contributed by atoms with van der Waals surface area (Å²) in [4.78, 5) is 12.0. The Labute approximate surface area is 119 Å². The number of methoxy groups -OCH3 is 1. The van der Waals surface area contributed by atoms with Crippen molar-refractivity contribution < 1.29 is 14.7 Å². The Morgan fingerprint density at radius 3 is 2.89 bits per heavy atom. The number of amidine groups is 1. The molecule has 0 aliphatic carbocycles. The second kappa shape index (κ2) is 6.98. The van der Waals surface area contributed by atoms with Gasteiger partial charge in [0.05, 0.1) is 12.7 Å². The number of halogens is 1. The SMILES string of the molecule is COc1cc(Br)ccc1C(=O)NCC(C)/C(N)=N/O. The van der Waals surface area contributed by atoms with Crippen LogP contribution in [0.1, 0.15) is 17.3 Å². The first-order chi connectivity index (χ1) is 8.99. The molecule has 0 aliphatic rings. The summed E-state index contributed by atoms with van der Waals surface area (Å²) in [5, 5.41) is 14.1. The van der Waals surface area contributed by atoms with Crippen molar-refractivity contribution in [2.75, 3.05) is 13.7 Å². The van der Waals surface area contributed by atoms with Crippen molar-refractivity contribution in [3.63, 3.8) is 0 Å². The summed E-state index contributed by atoms with van der Waals surface area (Å²) in [5.41, 5.74) is 5.86. The van der Waals surface area contributed by atoms with E-state index in [0.717, 1.165) is 4.47 Å². The Morgan fingerprint density at radius 2 is 2.32 bits per heavy atom. The number of nitrogens with zero attached hydrogens (tertiary/aromatic N) is 1. The Morgan fingerprint density at radius 1 is 1.63 bits per heavy atom. The van der Waals surface area contributed by atoms with Crippen LogP contribution >= 0.6 is 15.9 Å². The molecule has 6 nitrogen and oxygen atoms in total. The number of carbonyl (C=O) groups excluding carboxylic acids is 1. The largest absolute Gasteiger partial charge is 0.496 e. The first-order valence-electron chi connectivity index (χ1n) is 5.58. The lowest BCUT2D eigenvalue weighted by atomic mass is 10.1. The highest BCUT2D eigenvalue weighted by atomic mass is 79.9. The molecule has 1 rings (SSSR count). The van der Waals surface area contributed by atoms with E-state index in [1.807, 2.05) is 0 Å². The summed E-state index contributed by atoms with van der Waals surface area (Å²) in [5.74, 6) is 0.0173. The lowest BCUT2D eigenvalue weighted by Crippen LogP contribution is -2.34. The van der Waals surface area contributed by atoms with Crippen LogP contribution in [0.4, 0.5) is 0 Å². The van der Waals surface area contributed by atoms with E-state index in [-0.39, 0.29) is 24.2 Å². The fourth-order valence-corrected chi connectivity index (χ4v) is 1.74. The summed E-state index contributed by atoms with van der Waals surface area (Å²) >= 11 is 3.31. The van der Waals surface area contributed by atoms with Gasteiger partial charge in [0.15, 0.2) is 0 Å². The van der Waals surface area contributed by atoms with Crippen molar-refractivity contribution in [1.29, 1.82) is 0 Å². The number of nitrogens with one attached hydrogen (secondary N) is 1. The maximum atomic E-state index is 12.0. The molecule has 0 radical (unpaired) electrons. The summed E-state index contributed by atoms with van der Waals surface area (Å²) in [7, 11) is 1.50. The van der Waals surface area contributed by atoms with Gasteiger partial charge in [-0.3, -0.25) is 4.79 Å². The molecule has 0 aliphatic heterocycles. The highest BCUT2D eigenvalue weighted by Crippen LogP contribution is 2.23. The van der Waals surface area contributed by atoms with Gasteiger partial charge in [0.2, 0.25) is 0 Å². The number of rotatable bonds is 5. The van der Waals surface area contributed by atoms with Crippen molar-refractivity contribution in [3.8, 4) is 5.75 Å². The maximum Gasteiger partial charge on any atom is 0.255 e.